The molecule has 0 radical (unpaired) electrons. The number of para-hydroxylation sites is 1. The molecule has 4 nitrogen and oxygen atoms in total. The number of hydrogen-bond donors (Lipinski definition) is 3. The van der Waals surface area contributed by atoms with Crippen LogP contribution in [0.3, 0.4) is 0 Å². The number of phenolic OH excluding ortho intramolecular Hbond substituents is 1. The summed E-state index contributed by atoms with van der Waals surface area (Å²) in [4.78, 5) is 12.0. The van der Waals surface area contributed by atoms with Gasteiger partial charge in [-0.05, 0) is 12.1 Å². The Morgan fingerprint density at radius 1 is 1.56 bits per heavy atom. The lowest BCUT2D eigenvalue weighted by molar-refractivity contribution is 0.0948. The molecule has 1 aromatic rings. The third-order valence-electron chi connectivity index (χ3n) is 2.20. The number of carbonyl (C=O) groups excluding carboxylic acids is 1. The lowest BCUT2D eigenvalue weighted by Gasteiger charge is -2.11. The second kappa shape index (κ2) is 5.46. The van der Waals surface area contributed by atoms with E-state index in [0.29, 0.717) is 11.5 Å². The number of benzene rings is 1. The smallest absolute Gasteiger partial charge is 0.255 e. The van der Waals surface area contributed by atoms with Crippen molar-refractivity contribution in [3.63, 3.8) is 0 Å². The molecule has 0 aromatic heterocycles. The minimum atomic E-state index is -0.332. The second-order valence-electron chi connectivity index (χ2n) is 3.53. The maximum absolute atomic E-state index is 11.6. The first kappa shape index (κ1) is 12.4. The van der Waals surface area contributed by atoms with Crippen LogP contribution < -0.4 is 11.1 Å². The van der Waals surface area contributed by atoms with E-state index in [9.17, 15) is 9.90 Å². The van der Waals surface area contributed by atoms with Gasteiger partial charge in [0.15, 0.2) is 0 Å². The van der Waals surface area contributed by atoms with Crippen LogP contribution in [0.2, 0.25) is 0 Å². The summed E-state index contributed by atoms with van der Waals surface area (Å²) in [5.41, 5.74) is 5.67. The number of amides is 1. The number of nitrogens with two attached hydrogens (primary N) is 1. The van der Waals surface area contributed by atoms with Crippen LogP contribution in [-0.2, 0) is 0 Å². The lowest BCUT2D eigenvalue weighted by Crippen LogP contribution is -2.33. The highest BCUT2D eigenvalue weighted by atomic mass is 32.1. The Bertz CT molecular complexity index is 407. The van der Waals surface area contributed by atoms with Gasteiger partial charge in [-0.25, -0.2) is 0 Å². The van der Waals surface area contributed by atoms with Gasteiger partial charge in [-0.15, -0.1) is 0 Å². The predicted molar refractivity (Wildman–Crippen MR) is 66.4 cm³/mol. The summed E-state index contributed by atoms with van der Waals surface area (Å²) in [5, 5.41) is 12.1. The Balaban J connectivity index is 2.60. The van der Waals surface area contributed by atoms with Crippen LogP contribution in [0.1, 0.15) is 17.3 Å². The lowest BCUT2D eigenvalue weighted by atomic mass is 10.1. The molecule has 4 N–H and O–H groups in total. The fraction of sp³-hybridized carbons (Fsp3) is 0.273. The fourth-order valence-corrected chi connectivity index (χ4v) is 1.19. The predicted octanol–water partition coefficient (Wildman–Crippen LogP) is 1.04. The number of hydrogen-bond acceptors (Lipinski definition) is 3. The molecule has 1 atom stereocenters. The summed E-state index contributed by atoms with van der Waals surface area (Å²) in [6.45, 7) is 2.19. The van der Waals surface area contributed by atoms with Crippen LogP contribution in [-0.4, -0.2) is 22.5 Å². The number of carbonyl (C=O) groups is 1. The highest BCUT2D eigenvalue weighted by Crippen LogP contribution is 2.14. The zero-order chi connectivity index (χ0) is 12.1. The second-order valence-corrected chi connectivity index (χ2v) is 4.00. The highest BCUT2D eigenvalue weighted by Gasteiger charge is 2.12. The van der Waals surface area contributed by atoms with E-state index in [4.69, 9.17) is 18.0 Å². The van der Waals surface area contributed by atoms with Crippen molar-refractivity contribution in [3.8, 4) is 5.75 Å². The molecule has 1 unspecified atom stereocenters. The molecule has 0 aliphatic heterocycles. The van der Waals surface area contributed by atoms with Crippen molar-refractivity contribution in [1.29, 1.82) is 0 Å². The topological polar surface area (TPSA) is 75.3 Å². The van der Waals surface area contributed by atoms with Gasteiger partial charge in [-0.1, -0.05) is 31.3 Å². The van der Waals surface area contributed by atoms with Crippen LogP contribution in [0.15, 0.2) is 24.3 Å². The molecule has 16 heavy (non-hydrogen) atoms. The quantitative estimate of drug-likeness (QED) is 0.685. The Morgan fingerprint density at radius 2 is 2.19 bits per heavy atom. The first-order chi connectivity index (χ1) is 7.52. The van der Waals surface area contributed by atoms with Gasteiger partial charge in [0.05, 0.1) is 10.6 Å². The molecule has 0 aliphatic carbocycles. The van der Waals surface area contributed by atoms with Crippen molar-refractivity contribution >= 4 is 23.1 Å². The van der Waals surface area contributed by atoms with Gasteiger partial charge in [-0.3, -0.25) is 4.79 Å². The third kappa shape index (κ3) is 3.20. The summed E-state index contributed by atoms with van der Waals surface area (Å²) in [7, 11) is 0. The van der Waals surface area contributed by atoms with E-state index in [1.165, 1.54) is 6.07 Å². The molecule has 1 rings (SSSR count). The average Bonchev–Trinajstić information content (AvgIpc) is 2.25. The molecule has 0 saturated carbocycles. The van der Waals surface area contributed by atoms with Crippen LogP contribution in [0.5, 0.6) is 5.75 Å². The normalized spacial score (nSPS) is 11.8. The maximum atomic E-state index is 11.6. The van der Waals surface area contributed by atoms with E-state index in [-0.39, 0.29) is 23.1 Å². The van der Waals surface area contributed by atoms with E-state index < -0.39 is 0 Å². The fourth-order valence-electron chi connectivity index (χ4n) is 1.11. The molecule has 1 aromatic carbocycles. The molecule has 1 amide bonds. The number of thiocarbonyl (C=S) groups is 1. The first-order valence-corrected chi connectivity index (χ1v) is 5.28. The molecule has 0 aliphatic rings. The Morgan fingerprint density at radius 3 is 2.75 bits per heavy atom. The van der Waals surface area contributed by atoms with Crippen LogP contribution >= 0.6 is 12.2 Å². The van der Waals surface area contributed by atoms with Gasteiger partial charge in [0.1, 0.15) is 5.75 Å². The van der Waals surface area contributed by atoms with Gasteiger partial charge in [0.25, 0.3) is 5.91 Å². The van der Waals surface area contributed by atoms with Gasteiger partial charge < -0.3 is 16.2 Å². The molecule has 86 valence electrons. The molecular weight excluding hydrogens is 224 g/mol. The molecular formula is C11H14N2O2S. The molecule has 0 heterocycles. The largest absolute Gasteiger partial charge is 0.507 e. The first-order valence-electron chi connectivity index (χ1n) is 4.88. The van der Waals surface area contributed by atoms with Crippen molar-refractivity contribution in [2.24, 2.45) is 11.7 Å². The summed E-state index contributed by atoms with van der Waals surface area (Å²) < 4.78 is 0. The highest BCUT2D eigenvalue weighted by molar-refractivity contribution is 7.80. The Hall–Kier alpha value is -1.62. The van der Waals surface area contributed by atoms with E-state index in [0.717, 1.165) is 0 Å². The summed E-state index contributed by atoms with van der Waals surface area (Å²) in [6, 6.07) is 6.36. The number of rotatable bonds is 4. The zero-order valence-corrected chi connectivity index (χ0v) is 9.75. The van der Waals surface area contributed by atoms with Crippen molar-refractivity contribution in [2.45, 2.75) is 6.92 Å². The van der Waals surface area contributed by atoms with Gasteiger partial charge in [-0.2, -0.15) is 0 Å². The summed E-state index contributed by atoms with van der Waals surface area (Å²) >= 11 is 4.79. The van der Waals surface area contributed by atoms with Crippen molar-refractivity contribution in [3.05, 3.63) is 29.8 Å². The van der Waals surface area contributed by atoms with Crippen molar-refractivity contribution in [2.75, 3.05) is 6.54 Å². The van der Waals surface area contributed by atoms with Crippen LogP contribution in [0.4, 0.5) is 0 Å². The zero-order valence-electron chi connectivity index (χ0n) is 8.93. The van der Waals surface area contributed by atoms with E-state index in [1.54, 1.807) is 18.2 Å². The number of aromatic hydroxyl groups is 1. The number of phenols is 1. The van der Waals surface area contributed by atoms with Gasteiger partial charge in [0, 0.05) is 12.5 Å². The standard InChI is InChI=1S/C11H14N2O2S/c1-7(10(12)16)6-13-11(15)8-4-2-3-5-9(8)14/h2-5,7,14H,6H2,1H3,(H2,12,16)(H,13,15). The van der Waals surface area contributed by atoms with Crippen molar-refractivity contribution in [1.82, 2.24) is 5.32 Å². The van der Waals surface area contributed by atoms with Gasteiger partial charge >= 0.3 is 0 Å². The molecule has 0 fully saturated rings. The van der Waals surface area contributed by atoms with Crippen LogP contribution in [0.25, 0.3) is 0 Å². The van der Waals surface area contributed by atoms with Crippen molar-refractivity contribution < 1.29 is 9.90 Å². The summed E-state index contributed by atoms with van der Waals surface area (Å²) in [5.74, 6) is -0.436. The molecule has 0 bridgehead atoms. The number of nitrogens with one attached hydrogen (secondary N) is 1. The Kier molecular flexibility index (Phi) is 4.25. The molecule has 0 saturated heterocycles. The van der Waals surface area contributed by atoms with Crippen LogP contribution in [0, 0.1) is 5.92 Å². The van der Waals surface area contributed by atoms with Gasteiger partial charge in [0.2, 0.25) is 0 Å². The van der Waals surface area contributed by atoms with E-state index in [1.807, 2.05) is 6.92 Å². The SMILES string of the molecule is CC(CNC(=O)c1ccccc1O)C(N)=S. The Labute approximate surface area is 99.5 Å². The minimum absolute atomic E-state index is 0.0389. The summed E-state index contributed by atoms with van der Waals surface area (Å²) in [6.07, 6.45) is 0. The van der Waals surface area contributed by atoms with E-state index in [2.05, 4.69) is 5.32 Å². The maximum Gasteiger partial charge on any atom is 0.255 e. The molecule has 0 spiro atoms. The van der Waals surface area contributed by atoms with E-state index >= 15 is 0 Å². The average molecular weight is 238 g/mol. The minimum Gasteiger partial charge on any atom is -0.507 e. The molecule has 5 heteroatoms. The monoisotopic (exact) mass is 238 g/mol. The third-order valence-corrected chi connectivity index (χ3v) is 2.61.